The Balaban J connectivity index is 2.12. The Kier molecular flexibility index (Phi) is 2.58. The maximum atomic E-state index is 11.7. The number of fused-ring (bicyclic) bond motifs is 3. The second-order valence-corrected chi connectivity index (χ2v) is 5.59. The van der Waals surface area contributed by atoms with Gasteiger partial charge in [-0.05, 0) is 43.5 Å². The van der Waals surface area contributed by atoms with E-state index in [2.05, 4.69) is 39.0 Å². The summed E-state index contributed by atoms with van der Waals surface area (Å²) in [5, 5.41) is 0. The zero-order valence-corrected chi connectivity index (χ0v) is 11.4. The van der Waals surface area contributed by atoms with Crippen molar-refractivity contribution >= 4 is 27.4 Å². The van der Waals surface area contributed by atoms with Gasteiger partial charge in [-0.3, -0.25) is 4.79 Å². The molecule has 0 saturated heterocycles. The molecule has 0 atom stereocenters. The van der Waals surface area contributed by atoms with Crippen LogP contribution in [0.5, 0.6) is 0 Å². The Hall–Kier alpha value is -1.09. The fourth-order valence-corrected chi connectivity index (χ4v) is 3.17. The molecule has 2 aliphatic rings. The second-order valence-electron chi connectivity index (χ2n) is 4.67. The van der Waals surface area contributed by atoms with Crippen molar-refractivity contribution in [3.8, 4) is 0 Å². The molecule has 3 heteroatoms. The van der Waals surface area contributed by atoms with E-state index >= 15 is 0 Å². The number of carbonyl (C=O) groups excluding carboxylic acids is 1. The second kappa shape index (κ2) is 3.98. The molecule has 0 unspecified atom stereocenters. The average Bonchev–Trinajstić information content (AvgIpc) is 2.33. The van der Waals surface area contributed by atoms with E-state index in [0.29, 0.717) is 12.2 Å². The highest BCUT2D eigenvalue weighted by atomic mass is 79.9. The Bertz CT molecular complexity index is 533. The zero-order valence-electron chi connectivity index (χ0n) is 9.79. The topological polar surface area (TPSA) is 20.3 Å². The Morgan fingerprint density at radius 3 is 2.88 bits per heavy atom. The summed E-state index contributed by atoms with van der Waals surface area (Å²) in [6.07, 6.45) is 2.66. The minimum absolute atomic E-state index is 0.316. The maximum absolute atomic E-state index is 11.7. The predicted molar refractivity (Wildman–Crippen MR) is 72.1 cm³/mol. The number of aryl methyl sites for hydroxylation is 1. The van der Waals surface area contributed by atoms with Gasteiger partial charge in [-0.2, -0.15) is 0 Å². The van der Waals surface area contributed by atoms with E-state index in [0.717, 1.165) is 29.4 Å². The molecule has 2 aliphatic heterocycles. The van der Waals surface area contributed by atoms with Crippen LogP contribution in [-0.4, -0.2) is 12.3 Å². The van der Waals surface area contributed by atoms with Gasteiger partial charge in [-0.25, -0.2) is 0 Å². The van der Waals surface area contributed by atoms with Gasteiger partial charge in [0.25, 0.3) is 0 Å². The number of rotatable bonds is 0. The molecule has 3 rings (SSSR count). The average molecular weight is 292 g/mol. The van der Waals surface area contributed by atoms with Gasteiger partial charge in [-0.15, -0.1) is 0 Å². The van der Waals surface area contributed by atoms with Crippen LogP contribution in [-0.2, 0) is 11.2 Å². The summed E-state index contributed by atoms with van der Waals surface area (Å²) in [4.78, 5) is 14.0. The lowest BCUT2D eigenvalue weighted by Crippen LogP contribution is -2.35. The summed E-state index contributed by atoms with van der Waals surface area (Å²) < 4.78 is 1.13. The molecule has 0 saturated carbocycles. The number of nitrogens with zero attached hydrogens (tertiary/aromatic N) is 1. The number of ketones is 1. The first-order valence-electron chi connectivity index (χ1n) is 5.96. The van der Waals surface area contributed by atoms with Gasteiger partial charge in [0.15, 0.2) is 5.78 Å². The van der Waals surface area contributed by atoms with Crippen molar-refractivity contribution in [3.05, 3.63) is 39.5 Å². The smallest absolute Gasteiger partial charge is 0.162 e. The predicted octanol–water partition coefficient (Wildman–Crippen LogP) is 3.45. The SMILES string of the molecule is CC1=C2CCc3cc(Br)ccc3N2CCC1=O. The van der Waals surface area contributed by atoms with E-state index in [1.807, 2.05) is 6.92 Å². The standard InChI is InChI=1S/C14H14BrNO/c1-9-12-4-2-10-8-11(15)3-5-13(10)16(12)7-6-14(9)17/h3,5,8H,2,4,6-7H2,1H3. The highest BCUT2D eigenvalue weighted by Crippen LogP contribution is 2.37. The molecule has 1 aromatic carbocycles. The number of benzene rings is 1. The lowest BCUT2D eigenvalue weighted by Gasteiger charge is -2.37. The molecule has 0 spiro atoms. The van der Waals surface area contributed by atoms with Gasteiger partial charge in [0.05, 0.1) is 0 Å². The number of carbonyl (C=O) groups is 1. The Labute approximate surface area is 109 Å². The van der Waals surface area contributed by atoms with Crippen LogP contribution in [0.4, 0.5) is 5.69 Å². The first-order valence-corrected chi connectivity index (χ1v) is 6.75. The van der Waals surface area contributed by atoms with Crippen molar-refractivity contribution in [1.29, 1.82) is 0 Å². The fourth-order valence-electron chi connectivity index (χ4n) is 2.76. The van der Waals surface area contributed by atoms with E-state index in [1.165, 1.54) is 16.9 Å². The lowest BCUT2D eigenvalue weighted by molar-refractivity contribution is -0.115. The van der Waals surface area contributed by atoms with Gasteiger partial charge < -0.3 is 4.90 Å². The lowest BCUT2D eigenvalue weighted by atomic mass is 9.92. The largest absolute Gasteiger partial charge is 0.344 e. The van der Waals surface area contributed by atoms with Gasteiger partial charge in [-0.1, -0.05) is 15.9 Å². The molecule has 2 heterocycles. The first-order chi connectivity index (χ1) is 8.16. The molecular weight excluding hydrogens is 278 g/mol. The molecular formula is C14H14BrNO. The third-order valence-corrected chi connectivity index (χ3v) is 4.20. The van der Waals surface area contributed by atoms with E-state index in [9.17, 15) is 4.79 Å². The van der Waals surface area contributed by atoms with Crippen LogP contribution in [0.3, 0.4) is 0 Å². The number of halogens is 1. The van der Waals surface area contributed by atoms with Crippen LogP contribution >= 0.6 is 15.9 Å². The van der Waals surface area contributed by atoms with Crippen LogP contribution in [0.2, 0.25) is 0 Å². The molecule has 0 radical (unpaired) electrons. The van der Waals surface area contributed by atoms with Crippen molar-refractivity contribution in [2.45, 2.75) is 26.2 Å². The third-order valence-electron chi connectivity index (χ3n) is 3.70. The molecule has 0 aromatic heterocycles. The van der Waals surface area contributed by atoms with E-state index in [4.69, 9.17) is 0 Å². The van der Waals surface area contributed by atoms with Crippen LogP contribution in [0.1, 0.15) is 25.3 Å². The van der Waals surface area contributed by atoms with Crippen molar-refractivity contribution in [2.75, 3.05) is 11.4 Å². The van der Waals surface area contributed by atoms with Gasteiger partial charge >= 0.3 is 0 Å². The molecule has 0 amide bonds. The number of allylic oxidation sites excluding steroid dienone is 2. The number of Topliss-reactive ketones (excluding diaryl/α,β-unsaturated/α-hetero) is 1. The van der Waals surface area contributed by atoms with E-state index in [-0.39, 0.29) is 0 Å². The van der Waals surface area contributed by atoms with Gasteiger partial charge in [0.2, 0.25) is 0 Å². The summed E-state index contributed by atoms with van der Waals surface area (Å²) in [6, 6.07) is 6.42. The molecule has 0 N–H and O–H groups in total. The highest BCUT2D eigenvalue weighted by molar-refractivity contribution is 9.10. The van der Waals surface area contributed by atoms with Crippen molar-refractivity contribution in [3.63, 3.8) is 0 Å². The minimum atomic E-state index is 0.316. The molecule has 88 valence electrons. The van der Waals surface area contributed by atoms with Gasteiger partial charge in [0.1, 0.15) is 0 Å². The van der Waals surface area contributed by atoms with Crippen molar-refractivity contribution in [2.24, 2.45) is 0 Å². The fraction of sp³-hybridized carbons (Fsp3) is 0.357. The maximum Gasteiger partial charge on any atom is 0.162 e. The molecule has 0 bridgehead atoms. The van der Waals surface area contributed by atoms with Crippen LogP contribution in [0, 0.1) is 0 Å². The third kappa shape index (κ3) is 1.73. The van der Waals surface area contributed by atoms with Gasteiger partial charge in [0, 0.05) is 34.4 Å². The summed E-state index contributed by atoms with van der Waals surface area (Å²) in [5.41, 5.74) is 4.85. The molecule has 0 aliphatic carbocycles. The van der Waals surface area contributed by atoms with Crippen molar-refractivity contribution in [1.82, 2.24) is 0 Å². The first kappa shape index (κ1) is 11.0. The van der Waals surface area contributed by atoms with Crippen LogP contribution in [0.25, 0.3) is 0 Å². The number of hydrogen-bond donors (Lipinski definition) is 0. The Morgan fingerprint density at radius 2 is 2.06 bits per heavy atom. The monoisotopic (exact) mass is 291 g/mol. The number of anilines is 1. The highest BCUT2D eigenvalue weighted by Gasteiger charge is 2.28. The zero-order chi connectivity index (χ0) is 12.0. The van der Waals surface area contributed by atoms with Crippen LogP contribution < -0.4 is 4.90 Å². The molecule has 17 heavy (non-hydrogen) atoms. The van der Waals surface area contributed by atoms with E-state index < -0.39 is 0 Å². The van der Waals surface area contributed by atoms with Crippen LogP contribution in [0.15, 0.2) is 33.9 Å². The molecule has 1 aromatic rings. The quantitative estimate of drug-likeness (QED) is 0.730. The summed E-state index contributed by atoms with van der Waals surface area (Å²) in [6.45, 7) is 2.80. The molecule has 2 nitrogen and oxygen atoms in total. The summed E-state index contributed by atoms with van der Waals surface area (Å²) >= 11 is 3.52. The summed E-state index contributed by atoms with van der Waals surface area (Å²) in [7, 11) is 0. The Morgan fingerprint density at radius 1 is 1.24 bits per heavy atom. The molecule has 0 fully saturated rings. The normalized spacial score (nSPS) is 19.2. The number of hydrogen-bond acceptors (Lipinski definition) is 2. The van der Waals surface area contributed by atoms with Crippen molar-refractivity contribution < 1.29 is 4.79 Å². The minimum Gasteiger partial charge on any atom is -0.344 e. The van der Waals surface area contributed by atoms with E-state index in [1.54, 1.807) is 0 Å². The summed E-state index contributed by atoms with van der Waals surface area (Å²) in [5.74, 6) is 0.316.